The molecule has 114 valence electrons. The highest BCUT2D eigenvalue weighted by molar-refractivity contribution is 6.20. The van der Waals surface area contributed by atoms with E-state index in [-0.39, 0.29) is 6.61 Å². The number of alkyl halides is 1. The highest BCUT2D eigenvalue weighted by atomic mass is 35.5. The summed E-state index contributed by atoms with van der Waals surface area (Å²) in [5.41, 5.74) is 0.138. The Morgan fingerprint density at radius 3 is 2.76 bits per heavy atom. The van der Waals surface area contributed by atoms with Crippen molar-refractivity contribution in [3.05, 3.63) is 24.7 Å². The third kappa shape index (κ3) is 4.42. The van der Waals surface area contributed by atoms with Crippen LogP contribution in [-0.2, 0) is 9.47 Å². The van der Waals surface area contributed by atoms with E-state index in [1.165, 1.54) is 6.33 Å². The van der Waals surface area contributed by atoms with Crippen LogP contribution in [0.25, 0.3) is 10.9 Å². The molecule has 1 aromatic carbocycles. The lowest BCUT2D eigenvalue weighted by molar-refractivity contribution is 0.117. The summed E-state index contributed by atoms with van der Waals surface area (Å²) in [6, 6.07) is 3.58. The van der Waals surface area contributed by atoms with Crippen LogP contribution < -0.4 is 9.47 Å². The molecule has 0 saturated carbocycles. The van der Waals surface area contributed by atoms with Gasteiger partial charge >= 0.3 is 0 Å². The van der Waals surface area contributed by atoms with Gasteiger partial charge in [0.2, 0.25) is 0 Å². The van der Waals surface area contributed by atoms with Gasteiger partial charge in [-0.15, -0.1) is 0 Å². The van der Waals surface area contributed by atoms with Gasteiger partial charge in [0.15, 0.2) is 17.1 Å². The first-order chi connectivity index (χ1) is 10.2. The van der Waals surface area contributed by atoms with Crippen molar-refractivity contribution in [2.45, 2.75) is 5.56 Å². The Balaban J connectivity index is 2.26. The predicted octanol–water partition coefficient (Wildman–Crippen LogP) is 2.25. The molecule has 21 heavy (non-hydrogen) atoms. The van der Waals surface area contributed by atoms with Gasteiger partial charge in [0, 0.05) is 31.9 Å². The van der Waals surface area contributed by atoms with Gasteiger partial charge in [-0.2, -0.15) is 0 Å². The van der Waals surface area contributed by atoms with Gasteiger partial charge in [-0.1, -0.05) is 11.6 Å². The summed E-state index contributed by atoms with van der Waals surface area (Å²) in [6.45, 7) is 1.15. The minimum Gasteiger partial charge on any atom is -0.487 e. The Hall–Kier alpha value is -1.63. The molecule has 1 heterocycles. The van der Waals surface area contributed by atoms with Crippen LogP contribution in [0.3, 0.4) is 0 Å². The molecule has 2 aromatic rings. The number of nitrogens with zero attached hydrogens (tertiary/aromatic N) is 2. The van der Waals surface area contributed by atoms with E-state index in [1.807, 2.05) is 6.07 Å². The SMILES string of the molecule is COCCOc1cc2cncnc2cc1OC(Cl)COC. The van der Waals surface area contributed by atoms with Crippen molar-refractivity contribution in [2.24, 2.45) is 0 Å². The van der Waals surface area contributed by atoms with E-state index in [0.717, 1.165) is 10.9 Å². The number of benzene rings is 1. The average Bonchev–Trinajstić information content (AvgIpc) is 2.48. The maximum Gasteiger partial charge on any atom is 0.195 e. The molecule has 0 spiro atoms. The van der Waals surface area contributed by atoms with Crippen molar-refractivity contribution in [2.75, 3.05) is 34.0 Å². The molecule has 0 aliphatic heterocycles. The van der Waals surface area contributed by atoms with E-state index in [0.29, 0.717) is 24.7 Å². The number of fused-ring (bicyclic) bond motifs is 1. The van der Waals surface area contributed by atoms with E-state index >= 15 is 0 Å². The summed E-state index contributed by atoms with van der Waals surface area (Å²) < 4.78 is 21.2. The van der Waals surface area contributed by atoms with Gasteiger partial charge in [0.25, 0.3) is 0 Å². The molecule has 0 aliphatic carbocycles. The molecular weight excluding hydrogens is 296 g/mol. The lowest BCUT2D eigenvalue weighted by Crippen LogP contribution is -2.16. The molecule has 6 nitrogen and oxygen atoms in total. The molecule has 0 saturated heterocycles. The van der Waals surface area contributed by atoms with Crippen LogP contribution in [0.15, 0.2) is 24.7 Å². The summed E-state index contributed by atoms with van der Waals surface area (Å²) in [4.78, 5) is 8.18. The van der Waals surface area contributed by atoms with E-state index in [1.54, 1.807) is 26.5 Å². The summed E-state index contributed by atoms with van der Waals surface area (Å²) >= 11 is 6.04. The highest BCUT2D eigenvalue weighted by Crippen LogP contribution is 2.32. The molecule has 0 fully saturated rings. The molecule has 1 aromatic heterocycles. The number of rotatable bonds is 8. The van der Waals surface area contributed by atoms with E-state index in [2.05, 4.69) is 9.97 Å². The molecular formula is C14H17ClN2O4. The van der Waals surface area contributed by atoms with Gasteiger partial charge in [-0.05, 0) is 6.07 Å². The molecule has 0 N–H and O–H groups in total. The largest absolute Gasteiger partial charge is 0.487 e. The smallest absolute Gasteiger partial charge is 0.195 e. The standard InChI is InChI=1S/C14H17ClN2O4/c1-18-3-4-20-12-5-10-7-16-9-17-11(10)6-13(12)21-14(15)8-19-2/h5-7,9,14H,3-4,8H2,1-2H3. The number of hydrogen-bond acceptors (Lipinski definition) is 6. The predicted molar refractivity (Wildman–Crippen MR) is 79.1 cm³/mol. The zero-order valence-corrected chi connectivity index (χ0v) is 12.7. The molecule has 7 heteroatoms. The third-order valence-corrected chi connectivity index (χ3v) is 2.88. The van der Waals surface area contributed by atoms with Crippen LogP contribution in [-0.4, -0.2) is 49.6 Å². The van der Waals surface area contributed by atoms with E-state index in [4.69, 9.17) is 30.5 Å². The Labute approximate surface area is 127 Å². The van der Waals surface area contributed by atoms with Gasteiger partial charge in [-0.3, -0.25) is 0 Å². The number of halogens is 1. The fourth-order valence-electron chi connectivity index (χ4n) is 1.73. The minimum atomic E-state index is -0.612. The van der Waals surface area contributed by atoms with Crippen LogP contribution in [0, 0.1) is 0 Å². The fourth-order valence-corrected chi connectivity index (χ4v) is 1.95. The first kappa shape index (κ1) is 15.8. The first-order valence-electron chi connectivity index (χ1n) is 6.39. The fraction of sp³-hybridized carbons (Fsp3) is 0.429. The van der Waals surface area contributed by atoms with Crippen LogP contribution in [0.1, 0.15) is 0 Å². The summed E-state index contributed by atoms with van der Waals surface area (Å²) in [7, 11) is 3.17. The number of ether oxygens (including phenoxy) is 4. The zero-order chi connectivity index (χ0) is 15.1. The Kier molecular flexibility index (Phi) is 5.98. The van der Waals surface area contributed by atoms with Crippen molar-refractivity contribution in [1.29, 1.82) is 0 Å². The molecule has 0 bridgehead atoms. The zero-order valence-electron chi connectivity index (χ0n) is 11.9. The van der Waals surface area contributed by atoms with Crippen molar-refractivity contribution >= 4 is 22.5 Å². The van der Waals surface area contributed by atoms with Crippen molar-refractivity contribution in [3.8, 4) is 11.5 Å². The van der Waals surface area contributed by atoms with Crippen LogP contribution >= 0.6 is 11.6 Å². The highest BCUT2D eigenvalue weighted by Gasteiger charge is 2.13. The van der Waals surface area contributed by atoms with Gasteiger partial charge in [0.1, 0.15) is 12.9 Å². The maximum absolute atomic E-state index is 6.04. The second-order valence-electron chi connectivity index (χ2n) is 4.21. The van der Waals surface area contributed by atoms with Gasteiger partial charge < -0.3 is 18.9 Å². The molecule has 1 atom stereocenters. The number of methoxy groups -OCH3 is 2. The first-order valence-corrected chi connectivity index (χ1v) is 6.83. The second kappa shape index (κ2) is 7.97. The lowest BCUT2D eigenvalue weighted by Gasteiger charge is -2.16. The summed E-state index contributed by atoms with van der Waals surface area (Å²) in [5, 5.41) is 0.857. The molecule has 1 unspecified atom stereocenters. The lowest BCUT2D eigenvalue weighted by atomic mass is 10.2. The summed E-state index contributed by atoms with van der Waals surface area (Å²) in [5.74, 6) is 1.07. The van der Waals surface area contributed by atoms with Crippen LogP contribution in [0.2, 0.25) is 0 Å². The molecule has 2 rings (SSSR count). The molecule has 0 radical (unpaired) electrons. The minimum absolute atomic E-state index is 0.265. The van der Waals surface area contributed by atoms with Gasteiger partial charge in [0.05, 0.1) is 18.7 Å². The number of hydrogen-bond donors (Lipinski definition) is 0. The Morgan fingerprint density at radius 1 is 1.14 bits per heavy atom. The number of aromatic nitrogens is 2. The normalized spacial score (nSPS) is 12.3. The van der Waals surface area contributed by atoms with Crippen molar-refractivity contribution in [1.82, 2.24) is 9.97 Å². The van der Waals surface area contributed by atoms with E-state index < -0.39 is 5.56 Å². The third-order valence-electron chi connectivity index (χ3n) is 2.67. The topological polar surface area (TPSA) is 62.7 Å². The van der Waals surface area contributed by atoms with Crippen molar-refractivity contribution < 1.29 is 18.9 Å². The Bertz CT molecular complexity index is 582. The van der Waals surface area contributed by atoms with Crippen LogP contribution in [0.4, 0.5) is 0 Å². The summed E-state index contributed by atoms with van der Waals surface area (Å²) in [6.07, 6.45) is 3.19. The van der Waals surface area contributed by atoms with Crippen molar-refractivity contribution in [3.63, 3.8) is 0 Å². The molecule has 0 amide bonds. The monoisotopic (exact) mass is 312 g/mol. The van der Waals surface area contributed by atoms with Crippen LogP contribution in [0.5, 0.6) is 11.5 Å². The second-order valence-corrected chi connectivity index (χ2v) is 4.69. The van der Waals surface area contributed by atoms with E-state index in [9.17, 15) is 0 Å². The molecule has 0 aliphatic rings. The average molecular weight is 313 g/mol. The Morgan fingerprint density at radius 2 is 2.00 bits per heavy atom. The maximum atomic E-state index is 6.04. The van der Waals surface area contributed by atoms with Gasteiger partial charge in [-0.25, -0.2) is 9.97 Å². The quantitative estimate of drug-likeness (QED) is 0.550.